The molecule has 0 atom stereocenters. The van der Waals surface area contributed by atoms with E-state index in [0.717, 1.165) is 11.1 Å². The minimum atomic E-state index is -3.46. The summed E-state index contributed by atoms with van der Waals surface area (Å²) in [7, 11) is -3.46. The Bertz CT molecular complexity index is 1070. The Morgan fingerprint density at radius 3 is 2.24 bits per heavy atom. The van der Waals surface area contributed by atoms with Gasteiger partial charge in [-0.2, -0.15) is 9.40 Å². The van der Waals surface area contributed by atoms with Gasteiger partial charge in [-0.05, 0) is 30.7 Å². The van der Waals surface area contributed by atoms with Crippen LogP contribution in [-0.2, 0) is 10.0 Å². The lowest BCUT2D eigenvalue weighted by atomic mass is 10.2. The maximum atomic E-state index is 12.6. The van der Waals surface area contributed by atoms with Gasteiger partial charge in [0, 0.05) is 31.6 Å². The fraction of sp³-hybridized carbons (Fsp3) is 0.263. The number of sulfonamides is 1. The lowest BCUT2D eigenvalue weighted by Gasteiger charge is -2.33. The van der Waals surface area contributed by atoms with E-state index in [1.807, 2.05) is 48.2 Å². The summed E-state index contributed by atoms with van der Waals surface area (Å²) in [5.74, 6) is 1.29. The first-order chi connectivity index (χ1) is 14.0. The Kier molecular flexibility index (Phi) is 5.36. The molecular formula is C19H21N7O2S. The quantitative estimate of drug-likeness (QED) is 0.627. The number of rotatable bonds is 5. The van der Waals surface area contributed by atoms with Crippen molar-refractivity contribution in [1.29, 1.82) is 0 Å². The van der Waals surface area contributed by atoms with Crippen molar-refractivity contribution in [3.05, 3.63) is 65.6 Å². The summed E-state index contributed by atoms with van der Waals surface area (Å²) < 4.78 is 28.3. The fourth-order valence-corrected chi connectivity index (χ4v) is 4.21. The maximum Gasteiger partial charge on any atom is 0.236 e. The van der Waals surface area contributed by atoms with Gasteiger partial charge in [-0.15, -0.1) is 10.2 Å². The molecule has 0 amide bonds. The largest absolute Gasteiger partial charge is 0.352 e. The van der Waals surface area contributed by atoms with Crippen LogP contribution < -0.4 is 4.90 Å². The molecule has 1 fully saturated rings. The van der Waals surface area contributed by atoms with Crippen LogP contribution in [0.5, 0.6) is 0 Å². The Labute approximate surface area is 169 Å². The highest BCUT2D eigenvalue weighted by Gasteiger charge is 2.25. The molecule has 0 saturated carbocycles. The molecule has 3 aromatic rings. The Morgan fingerprint density at radius 1 is 0.931 bits per heavy atom. The van der Waals surface area contributed by atoms with E-state index in [9.17, 15) is 8.42 Å². The summed E-state index contributed by atoms with van der Waals surface area (Å²) in [5.41, 5.74) is 2.00. The fourth-order valence-electron chi connectivity index (χ4n) is 3.04. The summed E-state index contributed by atoms with van der Waals surface area (Å²) in [6.45, 7) is 3.89. The van der Waals surface area contributed by atoms with Crippen molar-refractivity contribution in [1.82, 2.24) is 29.3 Å². The molecule has 9 nitrogen and oxygen atoms in total. The third kappa shape index (κ3) is 4.49. The molecular weight excluding hydrogens is 390 g/mol. The van der Waals surface area contributed by atoms with Gasteiger partial charge in [0.15, 0.2) is 11.6 Å². The molecule has 1 aromatic carbocycles. The normalized spacial score (nSPS) is 15.8. The van der Waals surface area contributed by atoms with Crippen LogP contribution in [0.2, 0.25) is 0 Å². The van der Waals surface area contributed by atoms with Gasteiger partial charge in [0.1, 0.15) is 12.7 Å². The van der Waals surface area contributed by atoms with Crippen LogP contribution in [0.3, 0.4) is 0 Å². The molecule has 0 unspecified atom stereocenters. The highest BCUT2D eigenvalue weighted by molar-refractivity contribution is 7.92. The van der Waals surface area contributed by atoms with Crippen molar-refractivity contribution in [2.75, 3.05) is 31.1 Å². The molecule has 4 rings (SSSR count). The van der Waals surface area contributed by atoms with E-state index >= 15 is 0 Å². The van der Waals surface area contributed by atoms with Gasteiger partial charge >= 0.3 is 0 Å². The first-order valence-electron chi connectivity index (χ1n) is 9.20. The molecule has 1 aliphatic rings. The van der Waals surface area contributed by atoms with Crippen LogP contribution in [-0.4, -0.2) is 63.9 Å². The number of anilines is 1. The molecule has 1 aliphatic heterocycles. The SMILES string of the molecule is Cc1ccc(/C=C/S(=O)(=O)N2CCN(c3ccc(-n4cncn4)nn3)CC2)cc1. The average Bonchev–Trinajstić information content (AvgIpc) is 3.29. The number of aryl methyl sites for hydroxylation is 1. The Morgan fingerprint density at radius 2 is 1.62 bits per heavy atom. The standard InChI is InChI=1S/C19H21N7O2S/c1-16-2-4-17(5-3-16)8-13-29(27,28)25-11-9-24(10-12-25)18-6-7-19(23-22-18)26-15-20-14-21-26/h2-8,13-15H,9-12H2,1H3/b13-8+. The van der Waals surface area contributed by atoms with E-state index in [0.29, 0.717) is 37.8 Å². The Hall–Kier alpha value is -3.11. The summed E-state index contributed by atoms with van der Waals surface area (Å²) >= 11 is 0. The van der Waals surface area contributed by atoms with Gasteiger partial charge in [0.05, 0.1) is 0 Å². The number of piperazine rings is 1. The van der Waals surface area contributed by atoms with Crippen molar-refractivity contribution in [3.8, 4) is 5.82 Å². The molecule has 1 saturated heterocycles. The van der Waals surface area contributed by atoms with Gasteiger partial charge < -0.3 is 4.90 Å². The first-order valence-corrected chi connectivity index (χ1v) is 10.7. The van der Waals surface area contributed by atoms with Crippen LogP contribution in [0.4, 0.5) is 5.82 Å². The van der Waals surface area contributed by atoms with Crippen LogP contribution in [0.25, 0.3) is 11.9 Å². The topological polar surface area (TPSA) is 97.1 Å². The lowest BCUT2D eigenvalue weighted by molar-refractivity contribution is 0.388. The monoisotopic (exact) mass is 411 g/mol. The summed E-state index contributed by atoms with van der Waals surface area (Å²) in [4.78, 5) is 5.91. The van der Waals surface area contributed by atoms with E-state index in [4.69, 9.17) is 0 Å². The first kappa shape index (κ1) is 19.2. The minimum absolute atomic E-state index is 0.396. The van der Waals surface area contributed by atoms with Gasteiger partial charge in [-0.3, -0.25) is 0 Å². The molecule has 10 heteroatoms. The predicted octanol–water partition coefficient (Wildman–Crippen LogP) is 1.49. The summed E-state index contributed by atoms with van der Waals surface area (Å²) in [6.07, 6.45) is 4.62. The highest BCUT2D eigenvalue weighted by Crippen LogP contribution is 2.17. The van der Waals surface area contributed by atoms with Crippen LogP contribution >= 0.6 is 0 Å². The second kappa shape index (κ2) is 8.10. The van der Waals surface area contributed by atoms with E-state index in [1.165, 1.54) is 20.7 Å². The molecule has 0 aliphatic carbocycles. The maximum absolute atomic E-state index is 12.6. The van der Waals surface area contributed by atoms with Crippen molar-refractivity contribution >= 4 is 21.9 Å². The van der Waals surface area contributed by atoms with Gasteiger partial charge in [0.2, 0.25) is 10.0 Å². The van der Waals surface area contributed by atoms with Gasteiger partial charge in [-0.1, -0.05) is 29.8 Å². The number of aromatic nitrogens is 5. The van der Waals surface area contributed by atoms with E-state index < -0.39 is 10.0 Å². The second-order valence-electron chi connectivity index (χ2n) is 6.73. The minimum Gasteiger partial charge on any atom is -0.352 e. The van der Waals surface area contributed by atoms with Crippen molar-refractivity contribution in [2.24, 2.45) is 0 Å². The van der Waals surface area contributed by atoms with Crippen LogP contribution in [0.15, 0.2) is 54.5 Å². The number of benzene rings is 1. The molecule has 2 aromatic heterocycles. The Balaban J connectivity index is 1.37. The molecule has 0 radical (unpaired) electrons. The number of nitrogens with zero attached hydrogens (tertiary/aromatic N) is 7. The number of hydrogen-bond acceptors (Lipinski definition) is 7. The zero-order valence-corrected chi connectivity index (χ0v) is 16.8. The van der Waals surface area contributed by atoms with Crippen LogP contribution in [0, 0.1) is 6.92 Å². The van der Waals surface area contributed by atoms with Gasteiger partial charge in [-0.25, -0.2) is 18.1 Å². The summed E-state index contributed by atoms with van der Waals surface area (Å²) in [6, 6.07) is 11.4. The van der Waals surface area contributed by atoms with Crippen molar-refractivity contribution in [3.63, 3.8) is 0 Å². The third-order valence-corrected chi connectivity index (χ3v) is 6.29. The van der Waals surface area contributed by atoms with Gasteiger partial charge in [0.25, 0.3) is 0 Å². The highest BCUT2D eigenvalue weighted by atomic mass is 32.2. The zero-order valence-electron chi connectivity index (χ0n) is 16.0. The molecule has 0 spiro atoms. The molecule has 29 heavy (non-hydrogen) atoms. The van der Waals surface area contributed by atoms with E-state index in [1.54, 1.807) is 12.4 Å². The zero-order chi connectivity index (χ0) is 20.3. The lowest BCUT2D eigenvalue weighted by Crippen LogP contribution is -2.48. The van der Waals surface area contributed by atoms with Crippen molar-refractivity contribution < 1.29 is 8.42 Å². The molecule has 3 heterocycles. The predicted molar refractivity (Wildman–Crippen MR) is 110 cm³/mol. The molecule has 0 N–H and O–H groups in total. The molecule has 150 valence electrons. The van der Waals surface area contributed by atoms with Crippen molar-refractivity contribution in [2.45, 2.75) is 6.92 Å². The smallest absolute Gasteiger partial charge is 0.236 e. The second-order valence-corrected chi connectivity index (χ2v) is 8.55. The number of hydrogen-bond donors (Lipinski definition) is 0. The molecule has 0 bridgehead atoms. The summed E-state index contributed by atoms with van der Waals surface area (Å²) in [5, 5.41) is 13.7. The van der Waals surface area contributed by atoms with E-state index in [-0.39, 0.29) is 0 Å². The van der Waals surface area contributed by atoms with E-state index in [2.05, 4.69) is 20.3 Å². The third-order valence-electron chi connectivity index (χ3n) is 4.72. The van der Waals surface area contributed by atoms with Crippen LogP contribution in [0.1, 0.15) is 11.1 Å². The average molecular weight is 411 g/mol.